The summed E-state index contributed by atoms with van der Waals surface area (Å²) in [5.41, 5.74) is 6.39. The van der Waals surface area contributed by atoms with Crippen LogP contribution in [0.2, 0.25) is 0 Å². The fraction of sp³-hybridized carbons (Fsp3) is 0.333. The summed E-state index contributed by atoms with van der Waals surface area (Å²) >= 11 is 0. The van der Waals surface area contributed by atoms with Gasteiger partial charge in [-0.3, -0.25) is 10.1 Å². The van der Waals surface area contributed by atoms with Crippen molar-refractivity contribution in [1.82, 2.24) is 14.9 Å². The molecule has 3 N–H and O–H groups in total. The summed E-state index contributed by atoms with van der Waals surface area (Å²) < 4.78 is 40.6. The van der Waals surface area contributed by atoms with E-state index in [0.717, 1.165) is 0 Å². The zero-order valence-corrected chi connectivity index (χ0v) is 16.8. The fourth-order valence-electron chi connectivity index (χ4n) is 2.91. The number of benzene rings is 2. The number of carbonyl (C=O) groups excluding carboxylic acids is 1. The lowest BCUT2D eigenvalue weighted by Crippen LogP contribution is -2.38. The van der Waals surface area contributed by atoms with Crippen molar-refractivity contribution in [2.45, 2.75) is 33.0 Å². The van der Waals surface area contributed by atoms with Gasteiger partial charge < -0.3 is 19.8 Å². The van der Waals surface area contributed by atoms with Crippen LogP contribution in [-0.2, 0) is 22.6 Å². The minimum absolute atomic E-state index is 0.00307. The molecule has 0 aliphatic heterocycles. The number of hydrogen-bond acceptors (Lipinski definition) is 5. The van der Waals surface area contributed by atoms with E-state index in [1.54, 1.807) is 13.0 Å². The minimum atomic E-state index is -0.591. The topological polar surface area (TPSA) is 91.4 Å². The number of imidazole rings is 1. The van der Waals surface area contributed by atoms with Crippen LogP contribution in [0.3, 0.4) is 0 Å². The summed E-state index contributed by atoms with van der Waals surface area (Å²) in [4.78, 5) is 15.8. The summed E-state index contributed by atoms with van der Waals surface area (Å²) in [5.74, 6) is -0.561. The number of nitrogens with zero attached hydrogens (tertiary/aromatic N) is 2. The number of halogens is 2. The van der Waals surface area contributed by atoms with Gasteiger partial charge in [-0.2, -0.15) is 0 Å². The lowest BCUT2D eigenvalue weighted by atomic mass is 10.2. The van der Waals surface area contributed by atoms with Crippen LogP contribution < -0.4 is 15.8 Å². The second-order valence-corrected chi connectivity index (χ2v) is 6.71. The van der Waals surface area contributed by atoms with E-state index in [9.17, 15) is 13.6 Å². The first-order chi connectivity index (χ1) is 14.4. The highest BCUT2D eigenvalue weighted by Crippen LogP contribution is 2.30. The Balaban J connectivity index is 1.94. The van der Waals surface area contributed by atoms with Gasteiger partial charge >= 0.3 is 0 Å². The zero-order chi connectivity index (χ0) is 21.7. The van der Waals surface area contributed by atoms with Gasteiger partial charge in [0.1, 0.15) is 17.4 Å². The number of carbonyl (C=O) groups is 1. The van der Waals surface area contributed by atoms with E-state index in [2.05, 4.69) is 10.3 Å². The molecule has 0 saturated heterocycles. The molecule has 1 aromatic heterocycles. The fourth-order valence-corrected chi connectivity index (χ4v) is 2.91. The maximum absolute atomic E-state index is 14.6. The van der Waals surface area contributed by atoms with Crippen molar-refractivity contribution < 1.29 is 23.0 Å². The molecule has 0 unspecified atom stereocenters. The van der Waals surface area contributed by atoms with Gasteiger partial charge in [0, 0.05) is 25.3 Å². The molecule has 0 saturated carbocycles. The second-order valence-electron chi connectivity index (χ2n) is 6.71. The lowest BCUT2D eigenvalue weighted by Gasteiger charge is -2.13. The highest BCUT2D eigenvalue weighted by atomic mass is 19.1. The van der Waals surface area contributed by atoms with Gasteiger partial charge in [-0.1, -0.05) is 0 Å². The number of rotatable bonds is 10. The maximum atomic E-state index is 14.6. The molecule has 0 spiro atoms. The van der Waals surface area contributed by atoms with Crippen molar-refractivity contribution in [1.29, 1.82) is 0 Å². The molecule has 30 heavy (non-hydrogen) atoms. The first kappa shape index (κ1) is 21.7. The van der Waals surface area contributed by atoms with E-state index in [4.69, 9.17) is 15.2 Å². The molecule has 160 valence electrons. The molecule has 9 heteroatoms. The van der Waals surface area contributed by atoms with Crippen LogP contribution in [0.1, 0.15) is 19.7 Å². The van der Waals surface area contributed by atoms with Gasteiger partial charge in [-0.15, -0.1) is 0 Å². The summed E-state index contributed by atoms with van der Waals surface area (Å²) in [7, 11) is 0. The molecule has 0 bridgehead atoms. The summed E-state index contributed by atoms with van der Waals surface area (Å²) in [6, 6.07) is 7.61. The average molecular weight is 418 g/mol. The predicted molar refractivity (Wildman–Crippen MR) is 108 cm³/mol. The maximum Gasteiger partial charge on any atom is 0.234 e. The Morgan fingerprint density at radius 3 is 2.67 bits per heavy atom. The smallest absolute Gasteiger partial charge is 0.234 e. The summed E-state index contributed by atoms with van der Waals surface area (Å²) in [6.45, 7) is 5.30. The third-order valence-electron chi connectivity index (χ3n) is 4.58. The van der Waals surface area contributed by atoms with Crippen LogP contribution in [0.5, 0.6) is 11.5 Å². The predicted octanol–water partition coefficient (Wildman–Crippen LogP) is 3.11. The molecule has 1 atom stereocenters. The first-order valence-electron chi connectivity index (χ1n) is 9.61. The monoisotopic (exact) mass is 418 g/mol. The van der Waals surface area contributed by atoms with E-state index in [-0.39, 0.29) is 12.3 Å². The van der Waals surface area contributed by atoms with Crippen LogP contribution in [0.25, 0.3) is 11.0 Å². The molecule has 1 amide bonds. The third kappa shape index (κ3) is 5.11. The number of nitrogens with two attached hydrogens (primary N) is 1. The normalized spacial score (nSPS) is 12.3. The van der Waals surface area contributed by atoms with Crippen LogP contribution in [-0.4, -0.2) is 34.7 Å². The average Bonchev–Trinajstić information content (AvgIpc) is 3.04. The molecule has 0 fully saturated rings. The van der Waals surface area contributed by atoms with Gasteiger partial charge in [0.25, 0.3) is 0 Å². The Morgan fingerprint density at radius 1 is 1.27 bits per heavy atom. The molecule has 0 aliphatic rings. The third-order valence-corrected chi connectivity index (χ3v) is 4.58. The SMILES string of the molecule is CCOCCn1c(CN[C@@H](C)C(N)=O)nc2cc(F)c(Oc3ccc(F)cc3)cc21. The van der Waals surface area contributed by atoms with E-state index >= 15 is 0 Å². The molecule has 2 aromatic carbocycles. The minimum Gasteiger partial charge on any atom is -0.454 e. The molecule has 0 radical (unpaired) electrons. The van der Waals surface area contributed by atoms with E-state index in [1.807, 2.05) is 11.5 Å². The Bertz CT molecular complexity index is 1020. The highest BCUT2D eigenvalue weighted by molar-refractivity contribution is 5.79. The van der Waals surface area contributed by atoms with Crippen molar-refractivity contribution in [2.24, 2.45) is 5.73 Å². The molecule has 3 aromatic rings. The standard InChI is InChI=1S/C21H24F2N4O3/c1-3-29-9-8-27-18-11-19(30-15-6-4-14(22)5-7-15)16(23)10-17(18)26-20(27)12-25-13(2)21(24)28/h4-7,10-11,13,25H,3,8-9,12H2,1-2H3,(H2,24,28)/t13-/m0/s1. The number of hydrogen-bond donors (Lipinski definition) is 2. The molecule has 3 rings (SSSR count). The van der Waals surface area contributed by atoms with Gasteiger partial charge in [0.05, 0.1) is 30.2 Å². The number of ether oxygens (including phenoxy) is 2. The largest absolute Gasteiger partial charge is 0.454 e. The van der Waals surface area contributed by atoms with Gasteiger partial charge in [-0.05, 0) is 38.1 Å². The molecular weight excluding hydrogens is 394 g/mol. The second kappa shape index (κ2) is 9.64. The van der Waals surface area contributed by atoms with E-state index in [0.29, 0.717) is 42.4 Å². The van der Waals surface area contributed by atoms with Gasteiger partial charge in [0.2, 0.25) is 5.91 Å². The van der Waals surface area contributed by atoms with Crippen molar-refractivity contribution in [3.05, 3.63) is 53.9 Å². The molecule has 0 aliphatic carbocycles. The quantitative estimate of drug-likeness (QED) is 0.494. The van der Waals surface area contributed by atoms with Crippen molar-refractivity contribution in [3.63, 3.8) is 0 Å². The Hall–Kier alpha value is -3.04. The Labute approximate surface area is 172 Å². The van der Waals surface area contributed by atoms with Crippen molar-refractivity contribution >= 4 is 16.9 Å². The van der Waals surface area contributed by atoms with Crippen LogP contribution >= 0.6 is 0 Å². The zero-order valence-electron chi connectivity index (χ0n) is 16.8. The van der Waals surface area contributed by atoms with Crippen LogP contribution in [0.15, 0.2) is 36.4 Å². The molecule has 1 heterocycles. The number of fused-ring (bicyclic) bond motifs is 1. The number of nitrogens with one attached hydrogen (secondary N) is 1. The van der Waals surface area contributed by atoms with E-state index in [1.165, 1.54) is 30.3 Å². The first-order valence-corrected chi connectivity index (χ1v) is 9.61. The highest BCUT2D eigenvalue weighted by Gasteiger charge is 2.17. The number of aromatic nitrogens is 2. The Kier molecular flexibility index (Phi) is 6.96. The lowest BCUT2D eigenvalue weighted by molar-refractivity contribution is -0.119. The molecule has 7 nitrogen and oxygen atoms in total. The van der Waals surface area contributed by atoms with Crippen molar-refractivity contribution in [2.75, 3.05) is 13.2 Å². The summed E-state index contributed by atoms with van der Waals surface area (Å²) in [6.07, 6.45) is 0. The van der Waals surface area contributed by atoms with Crippen molar-refractivity contribution in [3.8, 4) is 11.5 Å². The van der Waals surface area contributed by atoms with Crippen LogP contribution in [0, 0.1) is 11.6 Å². The number of primary amides is 1. The van der Waals surface area contributed by atoms with Gasteiger partial charge in [0.15, 0.2) is 11.6 Å². The number of amides is 1. The molecular formula is C21H24F2N4O3. The van der Waals surface area contributed by atoms with Gasteiger partial charge in [-0.25, -0.2) is 13.8 Å². The Morgan fingerprint density at radius 2 is 2.00 bits per heavy atom. The van der Waals surface area contributed by atoms with Crippen LogP contribution in [0.4, 0.5) is 8.78 Å². The summed E-state index contributed by atoms with van der Waals surface area (Å²) in [5, 5.41) is 3.01. The van der Waals surface area contributed by atoms with E-state index < -0.39 is 23.6 Å².